The number of nitrogens with zero attached hydrogens (tertiary/aromatic N) is 4. The number of pyridine rings is 1. The highest BCUT2D eigenvalue weighted by molar-refractivity contribution is 7.22. The van der Waals surface area contributed by atoms with Gasteiger partial charge >= 0.3 is 0 Å². The molecule has 1 aliphatic rings. The van der Waals surface area contributed by atoms with Crippen molar-refractivity contribution >= 4 is 67.2 Å². The Balaban J connectivity index is 0.00000294. The normalized spacial score (nSPS) is 14.1. The van der Waals surface area contributed by atoms with Crippen LogP contribution in [0.3, 0.4) is 0 Å². The summed E-state index contributed by atoms with van der Waals surface area (Å²) >= 11 is 3.42. The first kappa shape index (κ1) is 26.6. The van der Waals surface area contributed by atoms with Gasteiger partial charge < -0.3 is 10.2 Å². The lowest BCUT2D eigenvalue weighted by Gasteiger charge is -2.34. The van der Waals surface area contributed by atoms with Crippen LogP contribution in [0.2, 0.25) is 0 Å². The zero-order valence-electron chi connectivity index (χ0n) is 21.2. The number of para-hydroxylation sites is 1. The summed E-state index contributed by atoms with van der Waals surface area (Å²) in [5.41, 5.74) is 4.82. The Hall–Kier alpha value is -3.04. The summed E-state index contributed by atoms with van der Waals surface area (Å²) in [6.45, 7) is 7.47. The van der Waals surface area contributed by atoms with Crippen LogP contribution in [-0.4, -0.2) is 60.0 Å². The number of amides is 1. The lowest BCUT2D eigenvalue weighted by molar-refractivity contribution is 0.0949. The van der Waals surface area contributed by atoms with Crippen LogP contribution in [-0.2, 0) is 6.42 Å². The fraction of sp³-hybridized carbons (Fsp3) is 0.276. The highest BCUT2D eigenvalue weighted by atomic mass is 35.5. The van der Waals surface area contributed by atoms with Gasteiger partial charge in [-0.05, 0) is 47.7 Å². The number of aryl methyl sites for hydroxylation is 1. The van der Waals surface area contributed by atoms with Crippen molar-refractivity contribution in [2.45, 2.75) is 13.3 Å². The number of anilines is 1. The number of carbonyl (C=O) groups excluding carboxylic acids is 1. The van der Waals surface area contributed by atoms with Crippen molar-refractivity contribution in [2.24, 2.45) is 0 Å². The van der Waals surface area contributed by atoms with Gasteiger partial charge in [-0.2, -0.15) is 0 Å². The van der Waals surface area contributed by atoms with Gasteiger partial charge in [-0.3, -0.25) is 9.69 Å². The molecule has 1 aliphatic heterocycles. The molecule has 4 heterocycles. The van der Waals surface area contributed by atoms with Crippen molar-refractivity contribution in [3.05, 3.63) is 77.2 Å². The van der Waals surface area contributed by atoms with E-state index < -0.39 is 0 Å². The molecule has 2 aromatic carbocycles. The number of piperazine rings is 1. The Morgan fingerprint density at radius 1 is 0.974 bits per heavy atom. The molecule has 5 aromatic rings. The summed E-state index contributed by atoms with van der Waals surface area (Å²) in [6.07, 6.45) is 1.05. The van der Waals surface area contributed by atoms with Crippen LogP contribution in [0.15, 0.2) is 66.0 Å². The number of fused-ring (bicyclic) bond motifs is 2. The first-order valence-electron chi connectivity index (χ1n) is 12.8. The molecule has 0 radical (unpaired) electrons. The Morgan fingerprint density at radius 3 is 2.61 bits per heavy atom. The third-order valence-electron chi connectivity index (χ3n) is 6.94. The molecule has 0 saturated carbocycles. The Labute approximate surface area is 236 Å². The third kappa shape index (κ3) is 5.54. The number of hydrogen-bond acceptors (Lipinski definition) is 7. The van der Waals surface area contributed by atoms with Crippen molar-refractivity contribution in [1.82, 2.24) is 20.2 Å². The van der Waals surface area contributed by atoms with Crippen LogP contribution in [0, 0.1) is 0 Å². The summed E-state index contributed by atoms with van der Waals surface area (Å²) in [4.78, 5) is 28.7. The van der Waals surface area contributed by atoms with E-state index >= 15 is 0 Å². The Bertz CT molecular complexity index is 1540. The molecule has 0 aliphatic carbocycles. The van der Waals surface area contributed by atoms with E-state index in [9.17, 15) is 4.79 Å². The van der Waals surface area contributed by atoms with Gasteiger partial charge in [-0.15, -0.1) is 23.7 Å². The standard InChI is InChI=1S/C29H29N5OS2.ClH/c1-2-20-9-10-24-27(18-20)37-29(32-24)34-15-13-33(14-16-34)12-11-30-28(35)22-19-25(26-8-5-17-36-26)31-23-7-4-3-6-21(22)23;/h3-10,17-19H,2,11-16H2,1H3,(H,30,35);1H. The van der Waals surface area contributed by atoms with E-state index in [-0.39, 0.29) is 18.3 Å². The van der Waals surface area contributed by atoms with Crippen LogP contribution < -0.4 is 10.2 Å². The molecule has 1 amide bonds. The molecule has 1 N–H and O–H groups in total. The smallest absolute Gasteiger partial charge is 0.252 e. The van der Waals surface area contributed by atoms with E-state index in [2.05, 4.69) is 40.2 Å². The second-order valence-electron chi connectivity index (χ2n) is 9.29. The molecular formula is C29H30ClN5OS2. The van der Waals surface area contributed by atoms with Gasteiger partial charge in [0.25, 0.3) is 5.91 Å². The molecule has 0 bridgehead atoms. The van der Waals surface area contributed by atoms with Gasteiger partial charge in [-0.25, -0.2) is 9.97 Å². The van der Waals surface area contributed by atoms with E-state index in [1.807, 2.05) is 47.8 Å². The van der Waals surface area contributed by atoms with E-state index in [0.717, 1.165) is 71.3 Å². The minimum absolute atomic E-state index is 0. The molecule has 0 unspecified atom stereocenters. The van der Waals surface area contributed by atoms with Gasteiger partial charge in [0.05, 0.1) is 31.9 Å². The number of rotatable bonds is 7. The Morgan fingerprint density at radius 2 is 1.82 bits per heavy atom. The minimum atomic E-state index is -0.0454. The summed E-state index contributed by atoms with van der Waals surface area (Å²) in [5.74, 6) is -0.0454. The zero-order valence-corrected chi connectivity index (χ0v) is 23.7. The molecule has 196 valence electrons. The average Bonchev–Trinajstić information content (AvgIpc) is 3.63. The van der Waals surface area contributed by atoms with Crippen molar-refractivity contribution in [1.29, 1.82) is 0 Å². The number of hydrogen-bond donors (Lipinski definition) is 1. The van der Waals surface area contributed by atoms with Gasteiger partial charge in [0.1, 0.15) is 0 Å². The molecule has 0 atom stereocenters. The molecule has 0 spiro atoms. The van der Waals surface area contributed by atoms with Crippen LogP contribution in [0.5, 0.6) is 0 Å². The number of aromatic nitrogens is 2. The lowest BCUT2D eigenvalue weighted by atomic mass is 10.1. The summed E-state index contributed by atoms with van der Waals surface area (Å²) in [7, 11) is 0. The second-order valence-corrected chi connectivity index (χ2v) is 11.2. The first-order chi connectivity index (χ1) is 18.2. The summed E-state index contributed by atoms with van der Waals surface area (Å²) < 4.78 is 1.27. The molecule has 38 heavy (non-hydrogen) atoms. The van der Waals surface area contributed by atoms with Crippen molar-refractivity contribution in [2.75, 3.05) is 44.2 Å². The van der Waals surface area contributed by atoms with Gasteiger partial charge in [0, 0.05) is 44.7 Å². The van der Waals surface area contributed by atoms with Crippen molar-refractivity contribution in [3.8, 4) is 10.6 Å². The van der Waals surface area contributed by atoms with E-state index in [1.54, 1.807) is 22.7 Å². The zero-order chi connectivity index (χ0) is 25.2. The third-order valence-corrected chi connectivity index (χ3v) is 8.91. The topological polar surface area (TPSA) is 61.4 Å². The van der Waals surface area contributed by atoms with Crippen molar-refractivity contribution < 1.29 is 4.79 Å². The maximum absolute atomic E-state index is 13.2. The minimum Gasteiger partial charge on any atom is -0.351 e. The van der Waals surface area contributed by atoms with E-state index in [4.69, 9.17) is 9.97 Å². The number of benzene rings is 2. The average molecular weight is 564 g/mol. The highest BCUT2D eigenvalue weighted by Crippen LogP contribution is 2.30. The summed E-state index contributed by atoms with van der Waals surface area (Å²) in [5, 5.41) is 7.18. The molecule has 3 aromatic heterocycles. The quantitative estimate of drug-likeness (QED) is 0.259. The fourth-order valence-corrected chi connectivity index (χ4v) is 6.58. The van der Waals surface area contributed by atoms with Gasteiger partial charge in [0.15, 0.2) is 5.13 Å². The molecule has 6 nitrogen and oxygen atoms in total. The maximum Gasteiger partial charge on any atom is 0.252 e. The van der Waals surface area contributed by atoms with Crippen LogP contribution in [0.25, 0.3) is 31.7 Å². The summed E-state index contributed by atoms with van der Waals surface area (Å²) in [6, 6.07) is 20.4. The van der Waals surface area contributed by atoms with E-state index in [0.29, 0.717) is 12.1 Å². The van der Waals surface area contributed by atoms with Crippen LogP contribution in [0.4, 0.5) is 5.13 Å². The first-order valence-corrected chi connectivity index (χ1v) is 14.5. The second kappa shape index (κ2) is 11.8. The molecule has 1 saturated heterocycles. The number of halogens is 1. The van der Waals surface area contributed by atoms with Gasteiger partial charge in [0.2, 0.25) is 0 Å². The predicted octanol–water partition coefficient (Wildman–Crippen LogP) is 6.11. The van der Waals surface area contributed by atoms with E-state index in [1.165, 1.54) is 10.3 Å². The monoisotopic (exact) mass is 563 g/mol. The molecule has 1 fully saturated rings. The van der Waals surface area contributed by atoms with Crippen LogP contribution in [0.1, 0.15) is 22.8 Å². The SMILES string of the molecule is CCc1ccc2nc(N3CCN(CCNC(=O)c4cc(-c5cccs5)nc5ccccc45)CC3)sc2c1.Cl. The van der Waals surface area contributed by atoms with Crippen molar-refractivity contribution in [3.63, 3.8) is 0 Å². The predicted molar refractivity (Wildman–Crippen MR) is 162 cm³/mol. The maximum atomic E-state index is 13.2. The number of carbonyl (C=O) groups is 1. The van der Waals surface area contributed by atoms with Gasteiger partial charge in [-0.1, -0.05) is 48.6 Å². The van der Waals surface area contributed by atoms with Crippen LogP contribution >= 0.6 is 35.1 Å². The highest BCUT2D eigenvalue weighted by Gasteiger charge is 2.20. The fourth-order valence-electron chi connectivity index (χ4n) is 4.81. The number of thiazole rings is 1. The Kier molecular flexibility index (Phi) is 8.24. The number of nitrogens with one attached hydrogen (secondary N) is 1. The lowest BCUT2D eigenvalue weighted by Crippen LogP contribution is -2.48. The molecule has 6 rings (SSSR count). The molecular weight excluding hydrogens is 534 g/mol. The largest absolute Gasteiger partial charge is 0.351 e. The number of thiophene rings is 1. The molecule has 9 heteroatoms.